The summed E-state index contributed by atoms with van der Waals surface area (Å²) in [5, 5.41) is 13.4. The topological polar surface area (TPSA) is 36.8 Å². The fraction of sp³-hybridized carbons (Fsp3) is 0.333. The Morgan fingerprint density at radius 3 is 2.35 bits per heavy atom. The highest BCUT2D eigenvalue weighted by molar-refractivity contribution is 5.25. The molecule has 0 radical (unpaired) electrons. The molecule has 20 heavy (non-hydrogen) atoms. The zero-order chi connectivity index (χ0) is 13.8. The Labute approximate surface area is 120 Å². The van der Waals surface area contributed by atoms with E-state index < -0.39 is 5.60 Å². The molecule has 104 valence electrons. The monoisotopic (exact) mass is 268 g/mol. The molecular formula is C18H22NO+. The summed E-state index contributed by atoms with van der Waals surface area (Å²) >= 11 is 0. The molecule has 2 aromatic rings. The van der Waals surface area contributed by atoms with Gasteiger partial charge in [-0.3, -0.25) is 0 Å². The van der Waals surface area contributed by atoms with Crippen LogP contribution in [0.1, 0.15) is 30.4 Å². The van der Waals surface area contributed by atoms with Crippen LogP contribution in [0.25, 0.3) is 0 Å². The third-order valence-electron chi connectivity index (χ3n) is 4.44. The number of nitrogens with two attached hydrogens (primary N) is 1. The van der Waals surface area contributed by atoms with Gasteiger partial charge < -0.3 is 10.4 Å². The highest BCUT2D eigenvalue weighted by Crippen LogP contribution is 2.37. The van der Waals surface area contributed by atoms with Crippen molar-refractivity contribution in [2.45, 2.75) is 37.5 Å². The van der Waals surface area contributed by atoms with Crippen LogP contribution in [-0.2, 0) is 12.1 Å². The minimum absolute atomic E-state index is 0.255. The number of quaternary nitrogens is 1. The van der Waals surface area contributed by atoms with Gasteiger partial charge in [-0.15, -0.1) is 0 Å². The van der Waals surface area contributed by atoms with E-state index in [2.05, 4.69) is 41.7 Å². The van der Waals surface area contributed by atoms with E-state index in [0.29, 0.717) is 0 Å². The molecule has 2 atom stereocenters. The van der Waals surface area contributed by atoms with Gasteiger partial charge in [0, 0.05) is 12.0 Å². The molecule has 2 aromatic carbocycles. The van der Waals surface area contributed by atoms with E-state index in [0.717, 1.165) is 31.4 Å². The largest absolute Gasteiger partial charge is 0.379 e. The molecule has 0 aliphatic heterocycles. The minimum atomic E-state index is -0.671. The van der Waals surface area contributed by atoms with E-state index in [-0.39, 0.29) is 6.04 Å². The van der Waals surface area contributed by atoms with Crippen LogP contribution in [0.15, 0.2) is 60.7 Å². The van der Waals surface area contributed by atoms with Crippen molar-refractivity contribution < 1.29 is 10.4 Å². The Bertz CT molecular complexity index is 540. The molecule has 1 saturated carbocycles. The molecule has 0 spiro atoms. The first kappa shape index (κ1) is 13.3. The van der Waals surface area contributed by atoms with Crippen LogP contribution in [0.4, 0.5) is 0 Å². The fourth-order valence-corrected chi connectivity index (χ4v) is 3.31. The molecule has 0 bridgehead atoms. The van der Waals surface area contributed by atoms with E-state index >= 15 is 0 Å². The van der Waals surface area contributed by atoms with Gasteiger partial charge in [0.05, 0.1) is 0 Å². The van der Waals surface area contributed by atoms with Gasteiger partial charge in [0.15, 0.2) is 0 Å². The summed E-state index contributed by atoms with van der Waals surface area (Å²) in [6.07, 6.45) is 3.05. The zero-order valence-corrected chi connectivity index (χ0v) is 11.7. The Balaban J connectivity index is 1.73. The molecule has 0 unspecified atom stereocenters. The van der Waals surface area contributed by atoms with Crippen LogP contribution in [0, 0.1) is 0 Å². The zero-order valence-electron chi connectivity index (χ0n) is 11.7. The fourth-order valence-electron chi connectivity index (χ4n) is 3.31. The lowest BCUT2D eigenvalue weighted by Gasteiger charge is -2.28. The smallest absolute Gasteiger partial charge is 0.141 e. The Kier molecular flexibility index (Phi) is 3.86. The number of hydrogen-bond acceptors (Lipinski definition) is 1. The summed E-state index contributed by atoms with van der Waals surface area (Å²) in [7, 11) is 0. The molecule has 0 aromatic heterocycles. The van der Waals surface area contributed by atoms with E-state index in [1.54, 1.807) is 0 Å². The van der Waals surface area contributed by atoms with Crippen molar-refractivity contribution in [1.29, 1.82) is 0 Å². The summed E-state index contributed by atoms with van der Waals surface area (Å²) < 4.78 is 0. The van der Waals surface area contributed by atoms with Gasteiger partial charge in [-0.2, -0.15) is 0 Å². The normalized spacial score (nSPS) is 25.8. The van der Waals surface area contributed by atoms with Gasteiger partial charge >= 0.3 is 0 Å². The van der Waals surface area contributed by atoms with Crippen molar-refractivity contribution in [3.8, 4) is 0 Å². The molecule has 0 amide bonds. The molecule has 3 N–H and O–H groups in total. The van der Waals surface area contributed by atoms with E-state index in [1.807, 2.05) is 24.3 Å². The van der Waals surface area contributed by atoms with Crippen molar-refractivity contribution in [3.63, 3.8) is 0 Å². The molecule has 2 nitrogen and oxygen atoms in total. The molecule has 1 fully saturated rings. The lowest BCUT2D eigenvalue weighted by Crippen LogP contribution is -2.91. The standard InChI is InChI=1S/C18H21NO/c20-18(16-10-5-2-6-11-16)13-7-12-17(18)19-14-15-8-3-1-4-9-15/h1-6,8-11,17,19-20H,7,12-14H2/p+1/t17-,18+/m0/s1. The summed E-state index contributed by atoms with van der Waals surface area (Å²) in [6.45, 7) is 0.931. The summed E-state index contributed by atoms with van der Waals surface area (Å²) in [5.41, 5.74) is 1.71. The van der Waals surface area contributed by atoms with E-state index in [4.69, 9.17) is 0 Å². The van der Waals surface area contributed by atoms with Crippen LogP contribution in [0.3, 0.4) is 0 Å². The average Bonchev–Trinajstić information content (AvgIpc) is 2.89. The van der Waals surface area contributed by atoms with Crippen molar-refractivity contribution in [2.24, 2.45) is 0 Å². The van der Waals surface area contributed by atoms with E-state index in [1.165, 1.54) is 5.56 Å². The van der Waals surface area contributed by atoms with Gasteiger partial charge in [-0.25, -0.2) is 0 Å². The van der Waals surface area contributed by atoms with Crippen LogP contribution in [0.5, 0.6) is 0 Å². The average molecular weight is 268 g/mol. The predicted molar refractivity (Wildman–Crippen MR) is 80.0 cm³/mol. The molecule has 0 heterocycles. The van der Waals surface area contributed by atoms with Crippen LogP contribution < -0.4 is 5.32 Å². The van der Waals surface area contributed by atoms with Crippen LogP contribution in [-0.4, -0.2) is 11.1 Å². The highest BCUT2D eigenvalue weighted by atomic mass is 16.3. The third-order valence-corrected chi connectivity index (χ3v) is 4.44. The van der Waals surface area contributed by atoms with Gasteiger partial charge in [0.1, 0.15) is 18.2 Å². The molecule has 2 heteroatoms. The van der Waals surface area contributed by atoms with Gasteiger partial charge in [-0.1, -0.05) is 60.7 Å². The molecule has 1 aliphatic rings. The second-order valence-electron chi connectivity index (χ2n) is 5.71. The maximum Gasteiger partial charge on any atom is 0.141 e. The van der Waals surface area contributed by atoms with Crippen LogP contribution in [0.2, 0.25) is 0 Å². The predicted octanol–water partition coefficient (Wildman–Crippen LogP) is 2.19. The first-order chi connectivity index (χ1) is 9.79. The second-order valence-corrected chi connectivity index (χ2v) is 5.71. The number of benzene rings is 2. The third kappa shape index (κ3) is 2.62. The Morgan fingerprint density at radius 1 is 1.00 bits per heavy atom. The minimum Gasteiger partial charge on any atom is -0.379 e. The molecule has 1 aliphatic carbocycles. The quantitative estimate of drug-likeness (QED) is 0.876. The maximum absolute atomic E-state index is 11.1. The number of hydrogen-bond donors (Lipinski definition) is 2. The Morgan fingerprint density at radius 2 is 1.65 bits per heavy atom. The summed E-state index contributed by atoms with van der Waals surface area (Å²) in [6, 6.07) is 20.9. The molecular weight excluding hydrogens is 246 g/mol. The van der Waals surface area contributed by atoms with Gasteiger partial charge in [0.2, 0.25) is 0 Å². The number of rotatable bonds is 4. The maximum atomic E-state index is 11.1. The van der Waals surface area contributed by atoms with Gasteiger partial charge in [0.25, 0.3) is 0 Å². The molecule has 3 rings (SSSR count). The van der Waals surface area contributed by atoms with Crippen molar-refractivity contribution in [2.75, 3.05) is 0 Å². The SMILES string of the molecule is O[C@@]1(c2ccccc2)CCC[C@@H]1[NH2+]Cc1ccccc1. The molecule has 0 saturated heterocycles. The summed E-state index contributed by atoms with van der Waals surface area (Å²) in [4.78, 5) is 0. The second kappa shape index (κ2) is 5.78. The first-order valence-corrected chi connectivity index (χ1v) is 7.44. The van der Waals surface area contributed by atoms with Crippen molar-refractivity contribution >= 4 is 0 Å². The lowest BCUT2D eigenvalue weighted by atomic mass is 9.88. The lowest BCUT2D eigenvalue weighted by molar-refractivity contribution is -0.717. The van der Waals surface area contributed by atoms with Crippen molar-refractivity contribution in [3.05, 3.63) is 71.8 Å². The summed E-state index contributed by atoms with van der Waals surface area (Å²) in [5.74, 6) is 0. The number of aliphatic hydroxyl groups is 1. The Hall–Kier alpha value is -1.64. The van der Waals surface area contributed by atoms with E-state index in [9.17, 15) is 5.11 Å². The highest BCUT2D eigenvalue weighted by Gasteiger charge is 2.45. The first-order valence-electron chi connectivity index (χ1n) is 7.44. The van der Waals surface area contributed by atoms with Crippen molar-refractivity contribution in [1.82, 2.24) is 0 Å². The van der Waals surface area contributed by atoms with Crippen LogP contribution >= 0.6 is 0 Å². The van der Waals surface area contributed by atoms with Gasteiger partial charge in [-0.05, 0) is 18.4 Å².